The van der Waals surface area contributed by atoms with Gasteiger partial charge in [-0.05, 0) is 39.2 Å². The number of H-pyrrole nitrogens is 1. The lowest BCUT2D eigenvalue weighted by Gasteiger charge is -2.05. The van der Waals surface area contributed by atoms with Gasteiger partial charge in [0, 0.05) is 12.2 Å². The molecule has 96 valence electrons. The third-order valence-electron chi connectivity index (χ3n) is 2.93. The number of anilines is 1. The SMILES string of the molecule is Cc1nnc(NCCCc2cn[nH]c2C)nc1C. The molecule has 2 N–H and O–H groups in total. The molecule has 0 fully saturated rings. The van der Waals surface area contributed by atoms with E-state index in [0.717, 1.165) is 36.5 Å². The zero-order valence-electron chi connectivity index (χ0n) is 11.0. The van der Waals surface area contributed by atoms with E-state index >= 15 is 0 Å². The molecule has 2 heterocycles. The Hall–Kier alpha value is -1.98. The van der Waals surface area contributed by atoms with Crippen LogP contribution in [0.2, 0.25) is 0 Å². The van der Waals surface area contributed by atoms with Gasteiger partial charge in [0.25, 0.3) is 0 Å². The van der Waals surface area contributed by atoms with Crippen LogP contribution >= 0.6 is 0 Å². The zero-order chi connectivity index (χ0) is 13.0. The van der Waals surface area contributed by atoms with Crippen LogP contribution in [0.5, 0.6) is 0 Å². The number of aryl methyl sites for hydroxylation is 4. The van der Waals surface area contributed by atoms with Gasteiger partial charge in [0.05, 0.1) is 17.6 Å². The molecule has 6 nitrogen and oxygen atoms in total. The maximum absolute atomic E-state index is 4.32. The van der Waals surface area contributed by atoms with Crippen LogP contribution in [0.25, 0.3) is 0 Å². The van der Waals surface area contributed by atoms with Crippen molar-refractivity contribution in [2.24, 2.45) is 0 Å². The average Bonchev–Trinajstić information content (AvgIpc) is 2.75. The summed E-state index contributed by atoms with van der Waals surface area (Å²) in [5.74, 6) is 0.599. The van der Waals surface area contributed by atoms with Crippen LogP contribution in [0.1, 0.15) is 29.1 Å². The monoisotopic (exact) mass is 246 g/mol. The minimum atomic E-state index is 0.599. The summed E-state index contributed by atoms with van der Waals surface area (Å²) in [6, 6.07) is 0. The Labute approximate surface area is 106 Å². The quantitative estimate of drug-likeness (QED) is 0.783. The molecular weight excluding hydrogens is 228 g/mol. The molecule has 0 saturated carbocycles. The molecule has 2 aromatic rings. The van der Waals surface area contributed by atoms with Gasteiger partial charge in [-0.1, -0.05) is 0 Å². The molecule has 18 heavy (non-hydrogen) atoms. The normalized spacial score (nSPS) is 10.6. The number of rotatable bonds is 5. The lowest BCUT2D eigenvalue weighted by molar-refractivity contribution is 0.827. The minimum Gasteiger partial charge on any atom is -0.353 e. The highest BCUT2D eigenvalue weighted by Crippen LogP contribution is 2.06. The first kappa shape index (κ1) is 12.5. The molecule has 6 heteroatoms. The van der Waals surface area contributed by atoms with Crippen molar-refractivity contribution < 1.29 is 0 Å². The molecule has 2 aromatic heterocycles. The molecule has 0 bridgehead atoms. The summed E-state index contributed by atoms with van der Waals surface area (Å²) in [5.41, 5.74) is 4.18. The maximum Gasteiger partial charge on any atom is 0.242 e. The van der Waals surface area contributed by atoms with Crippen LogP contribution in [-0.4, -0.2) is 31.9 Å². The van der Waals surface area contributed by atoms with Crippen molar-refractivity contribution in [3.8, 4) is 0 Å². The van der Waals surface area contributed by atoms with Crippen LogP contribution in [0.4, 0.5) is 5.95 Å². The summed E-state index contributed by atoms with van der Waals surface area (Å²) in [6.07, 6.45) is 3.88. The van der Waals surface area contributed by atoms with Gasteiger partial charge in [-0.3, -0.25) is 5.10 Å². The fourth-order valence-electron chi connectivity index (χ4n) is 1.64. The fourth-order valence-corrected chi connectivity index (χ4v) is 1.64. The Morgan fingerprint density at radius 2 is 2.00 bits per heavy atom. The molecule has 0 aliphatic rings. The van der Waals surface area contributed by atoms with E-state index in [4.69, 9.17) is 0 Å². The van der Waals surface area contributed by atoms with Gasteiger partial charge < -0.3 is 5.32 Å². The summed E-state index contributed by atoms with van der Waals surface area (Å²) in [4.78, 5) is 4.32. The summed E-state index contributed by atoms with van der Waals surface area (Å²) < 4.78 is 0. The number of aromatic nitrogens is 5. The van der Waals surface area contributed by atoms with Gasteiger partial charge in [-0.15, -0.1) is 5.10 Å². The number of nitrogens with zero attached hydrogens (tertiary/aromatic N) is 4. The number of hydrogen-bond acceptors (Lipinski definition) is 5. The van der Waals surface area contributed by atoms with Crippen LogP contribution in [0.3, 0.4) is 0 Å². The standard InChI is InChI=1S/C12H18N6/c1-8-9(2)17-18-12(15-8)13-6-4-5-11-7-14-16-10(11)3/h7H,4-6H2,1-3H3,(H,14,16)(H,13,15,18). The summed E-state index contributed by atoms with van der Waals surface area (Å²) >= 11 is 0. The van der Waals surface area contributed by atoms with E-state index in [-0.39, 0.29) is 0 Å². The molecule has 0 aliphatic heterocycles. The highest BCUT2D eigenvalue weighted by molar-refractivity contribution is 5.24. The Kier molecular flexibility index (Phi) is 3.86. The van der Waals surface area contributed by atoms with Crippen molar-refractivity contribution in [1.29, 1.82) is 0 Å². The average molecular weight is 246 g/mol. The number of aromatic amines is 1. The molecule has 0 radical (unpaired) electrons. The van der Waals surface area contributed by atoms with Gasteiger partial charge in [0.2, 0.25) is 5.95 Å². The van der Waals surface area contributed by atoms with Gasteiger partial charge in [0.15, 0.2) is 0 Å². The summed E-state index contributed by atoms with van der Waals surface area (Å²) in [5, 5.41) is 18.1. The Morgan fingerprint density at radius 3 is 2.67 bits per heavy atom. The topological polar surface area (TPSA) is 79.4 Å². The molecule has 0 spiro atoms. The van der Waals surface area contributed by atoms with Gasteiger partial charge in [-0.25, -0.2) is 4.98 Å². The van der Waals surface area contributed by atoms with E-state index < -0.39 is 0 Å². The summed E-state index contributed by atoms with van der Waals surface area (Å²) in [6.45, 7) is 6.70. The third kappa shape index (κ3) is 3.03. The Morgan fingerprint density at radius 1 is 1.17 bits per heavy atom. The van der Waals surface area contributed by atoms with Crippen molar-refractivity contribution in [1.82, 2.24) is 25.4 Å². The van der Waals surface area contributed by atoms with Gasteiger partial charge in [-0.2, -0.15) is 10.2 Å². The van der Waals surface area contributed by atoms with E-state index in [0.29, 0.717) is 5.95 Å². The first-order valence-electron chi connectivity index (χ1n) is 6.07. The van der Waals surface area contributed by atoms with E-state index in [1.54, 1.807) is 0 Å². The second-order valence-electron chi connectivity index (χ2n) is 4.36. The van der Waals surface area contributed by atoms with E-state index in [2.05, 4.69) is 30.7 Å². The van der Waals surface area contributed by atoms with Crippen LogP contribution in [0, 0.1) is 20.8 Å². The molecule has 0 aromatic carbocycles. The first-order chi connectivity index (χ1) is 8.66. The lowest BCUT2D eigenvalue weighted by atomic mass is 10.1. The van der Waals surface area contributed by atoms with Crippen LogP contribution < -0.4 is 5.32 Å². The molecule has 0 unspecified atom stereocenters. The molecule has 2 rings (SSSR count). The van der Waals surface area contributed by atoms with Crippen LogP contribution in [-0.2, 0) is 6.42 Å². The van der Waals surface area contributed by atoms with Crippen molar-refractivity contribution in [3.05, 3.63) is 28.8 Å². The van der Waals surface area contributed by atoms with Gasteiger partial charge >= 0.3 is 0 Å². The van der Waals surface area contributed by atoms with Crippen molar-refractivity contribution >= 4 is 5.95 Å². The zero-order valence-corrected chi connectivity index (χ0v) is 11.0. The van der Waals surface area contributed by atoms with Crippen LogP contribution in [0.15, 0.2) is 6.20 Å². The lowest BCUT2D eigenvalue weighted by Crippen LogP contribution is -2.09. The molecular formula is C12H18N6. The maximum atomic E-state index is 4.32. The third-order valence-corrected chi connectivity index (χ3v) is 2.93. The minimum absolute atomic E-state index is 0.599. The largest absolute Gasteiger partial charge is 0.353 e. The Balaban J connectivity index is 1.78. The number of hydrogen-bond donors (Lipinski definition) is 2. The fraction of sp³-hybridized carbons (Fsp3) is 0.500. The smallest absolute Gasteiger partial charge is 0.242 e. The molecule has 0 saturated heterocycles. The van der Waals surface area contributed by atoms with Crippen molar-refractivity contribution in [2.45, 2.75) is 33.6 Å². The first-order valence-corrected chi connectivity index (χ1v) is 6.07. The highest BCUT2D eigenvalue weighted by atomic mass is 15.2. The van der Waals surface area contributed by atoms with Crippen molar-refractivity contribution in [2.75, 3.05) is 11.9 Å². The van der Waals surface area contributed by atoms with Gasteiger partial charge in [0.1, 0.15) is 0 Å². The van der Waals surface area contributed by atoms with Crippen molar-refractivity contribution in [3.63, 3.8) is 0 Å². The number of nitrogens with one attached hydrogen (secondary N) is 2. The second-order valence-corrected chi connectivity index (χ2v) is 4.36. The molecule has 0 amide bonds. The Bertz CT molecular complexity index is 519. The van der Waals surface area contributed by atoms with E-state index in [1.165, 1.54) is 5.56 Å². The van der Waals surface area contributed by atoms with E-state index in [1.807, 2.05) is 27.0 Å². The molecule has 0 aliphatic carbocycles. The summed E-state index contributed by atoms with van der Waals surface area (Å²) in [7, 11) is 0. The molecule has 0 atom stereocenters. The second kappa shape index (κ2) is 5.57. The highest BCUT2D eigenvalue weighted by Gasteiger charge is 2.02. The predicted molar refractivity (Wildman–Crippen MR) is 69.4 cm³/mol. The van der Waals surface area contributed by atoms with E-state index in [9.17, 15) is 0 Å². The predicted octanol–water partition coefficient (Wildman–Crippen LogP) is 1.56.